The molecule has 7 atom stereocenters. The minimum absolute atomic E-state index is 0.332. The molecule has 3 fully saturated rings. The molecule has 0 bridgehead atoms. The highest BCUT2D eigenvalue weighted by molar-refractivity contribution is 5.91. The Bertz CT molecular complexity index is 630. The standard InChI is InChI=1S/C27H44O/c1-18(2)7-6-8-19(3)23-11-12-24-22-10-9-20-17-21(28)13-15-26(20,4)25(22)14-16-27(23,24)5/h17-19,22-25H,6-16H2,1-5H3/t19-,22?,23-,24+,25+,26+,27-/m1/s1. The number of ketones is 1. The van der Waals surface area contributed by atoms with Crippen molar-refractivity contribution in [3.8, 4) is 0 Å². The molecular formula is C27H44O. The molecule has 0 aromatic rings. The van der Waals surface area contributed by atoms with Gasteiger partial charge in [0.2, 0.25) is 0 Å². The number of carbonyl (C=O) groups excluding carboxylic acids is 1. The summed E-state index contributed by atoms with van der Waals surface area (Å²) in [5, 5.41) is 0. The molecule has 0 aromatic carbocycles. The van der Waals surface area contributed by atoms with E-state index in [4.69, 9.17) is 0 Å². The van der Waals surface area contributed by atoms with Gasteiger partial charge in [-0.25, -0.2) is 0 Å². The summed E-state index contributed by atoms with van der Waals surface area (Å²) in [5.74, 6) is 5.79. The first-order chi connectivity index (χ1) is 13.3. The molecule has 4 aliphatic rings. The van der Waals surface area contributed by atoms with E-state index in [0.717, 1.165) is 48.3 Å². The molecule has 1 nitrogen and oxygen atoms in total. The fourth-order valence-corrected chi connectivity index (χ4v) is 8.58. The first-order valence-corrected chi connectivity index (χ1v) is 12.5. The molecule has 0 spiro atoms. The molecule has 3 saturated carbocycles. The molecule has 0 heterocycles. The summed E-state index contributed by atoms with van der Waals surface area (Å²) in [6, 6.07) is 0. The van der Waals surface area contributed by atoms with Crippen LogP contribution >= 0.6 is 0 Å². The highest BCUT2D eigenvalue weighted by Gasteiger charge is 2.59. The molecule has 28 heavy (non-hydrogen) atoms. The van der Waals surface area contributed by atoms with Crippen LogP contribution in [0.2, 0.25) is 0 Å². The monoisotopic (exact) mass is 384 g/mol. The molecule has 158 valence electrons. The van der Waals surface area contributed by atoms with Gasteiger partial charge in [0, 0.05) is 6.42 Å². The average molecular weight is 385 g/mol. The Hall–Kier alpha value is -0.590. The Labute approximate surface area is 174 Å². The smallest absolute Gasteiger partial charge is 0.155 e. The van der Waals surface area contributed by atoms with Gasteiger partial charge in [-0.1, -0.05) is 59.5 Å². The Morgan fingerprint density at radius 2 is 1.75 bits per heavy atom. The summed E-state index contributed by atoms with van der Waals surface area (Å²) in [4.78, 5) is 12.0. The number of carbonyl (C=O) groups is 1. The highest BCUT2D eigenvalue weighted by Crippen LogP contribution is 2.67. The molecule has 0 aliphatic heterocycles. The van der Waals surface area contributed by atoms with Crippen LogP contribution in [0.4, 0.5) is 0 Å². The second kappa shape index (κ2) is 7.59. The lowest BCUT2D eigenvalue weighted by Gasteiger charge is -2.58. The molecule has 0 N–H and O–H groups in total. The zero-order valence-electron chi connectivity index (χ0n) is 19.2. The zero-order chi connectivity index (χ0) is 20.1. The SMILES string of the molecule is CC(C)CCC[C@@H](C)[C@H]1CC[C@H]2C3CCC4=CC(=O)CC[C@]4(C)[C@H]3CC[C@]12C. The van der Waals surface area contributed by atoms with Gasteiger partial charge in [0.1, 0.15) is 0 Å². The van der Waals surface area contributed by atoms with E-state index in [0.29, 0.717) is 16.6 Å². The fraction of sp³-hybridized carbons (Fsp3) is 0.889. The molecule has 1 unspecified atom stereocenters. The predicted octanol–water partition coefficient (Wildman–Crippen LogP) is 7.60. The lowest BCUT2D eigenvalue weighted by atomic mass is 9.46. The summed E-state index contributed by atoms with van der Waals surface area (Å²) >= 11 is 0. The van der Waals surface area contributed by atoms with Gasteiger partial charge in [-0.3, -0.25) is 4.79 Å². The number of allylic oxidation sites excluding steroid dienone is 1. The highest BCUT2D eigenvalue weighted by atomic mass is 16.1. The van der Waals surface area contributed by atoms with Gasteiger partial charge in [-0.05, 0) is 97.4 Å². The second-order valence-corrected chi connectivity index (χ2v) is 12.0. The van der Waals surface area contributed by atoms with Gasteiger partial charge in [0.25, 0.3) is 0 Å². The summed E-state index contributed by atoms with van der Waals surface area (Å²) in [5.41, 5.74) is 2.43. The zero-order valence-corrected chi connectivity index (χ0v) is 19.2. The van der Waals surface area contributed by atoms with E-state index in [1.807, 2.05) is 0 Å². The van der Waals surface area contributed by atoms with Crippen LogP contribution in [0, 0.1) is 46.3 Å². The minimum atomic E-state index is 0.332. The molecule has 0 amide bonds. The average Bonchev–Trinajstić information content (AvgIpc) is 2.99. The van der Waals surface area contributed by atoms with Gasteiger partial charge >= 0.3 is 0 Å². The number of rotatable bonds is 5. The number of hydrogen-bond donors (Lipinski definition) is 0. The van der Waals surface area contributed by atoms with Gasteiger partial charge in [-0.2, -0.15) is 0 Å². The third kappa shape index (κ3) is 3.33. The Kier molecular flexibility index (Phi) is 5.60. The van der Waals surface area contributed by atoms with Crippen LogP contribution in [0.3, 0.4) is 0 Å². The maximum atomic E-state index is 12.0. The van der Waals surface area contributed by atoms with Crippen molar-refractivity contribution in [3.05, 3.63) is 11.6 Å². The predicted molar refractivity (Wildman–Crippen MR) is 118 cm³/mol. The Balaban J connectivity index is 1.49. The van der Waals surface area contributed by atoms with Crippen LogP contribution in [-0.2, 0) is 4.79 Å². The minimum Gasteiger partial charge on any atom is -0.295 e. The van der Waals surface area contributed by atoms with Crippen LogP contribution in [-0.4, -0.2) is 5.78 Å². The Morgan fingerprint density at radius 1 is 0.964 bits per heavy atom. The maximum Gasteiger partial charge on any atom is 0.155 e. The van der Waals surface area contributed by atoms with Crippen molar-refractivity contribution in [2.75, 3.05) is 0 Å². The molecular weight excluding hydrogens is 340 g/mol. The van der Waals surface area contributed by atoms with E-state index >= 15 is 0 Å². The summed E-state index contributed by atoms with van der Waals surface area (Å²) in [6.45, 7) is 12.5. The van der Waals surface area contributed by atoms with E-state index < -0.39 is 0 Å². The summed E-state index contributed by atoms with van der Waals surface area (Å²) in [7, 11) is 0. The van der Waals surface area contributed by atoms with Gasteiger partial charge < -0.3 is 0 Å². The summed E-state index contributed by atoms with van der Waals surface area (Å²) < 4.78 is 0. The number of fused-ring (bicyclic) bond motifs is 5. The van der Waals surface area contributed by atoms with E-state index in [1.165, 1.54) is 63.4 Å². The molecule has 4 aliphatic carbocycles. The van der Waals surface area contributed by atoms with Crippen LogP contribution in [0.5, 0.6) is 0 Å². The lowest BCUT2D eigenvalue weighted by Crippen LogP contribution is -2.50. The van der Waals surface area contributed by atoms with E-state index in [1.54, 1.807) is 0 Å². The fourth-order valence-electron chi connectivity index (χ4n) is 8.58. The van der Waals surface area contributed by atoms with Crippen LogP contribution in [0.15, 0.2) is 11.6 Å². The summed E-state index contributed by atoms with van der Waals surface area (Å²) in [6.07, 6.45) is 16.6. The van der Waals surface area contributed by atoms with Crippen molar-refractivity contribution in [3.63, 3.8) is 0 Å². The Morgan fingerprint density at radius 3 is 2.50 bits per heavy atom. The molecule has 4 rings (SSSR count). The van der Waals surface area contributed by atoms with Crippen LogP contribution in [0.25, 0.3) is 0 Å². The molecule has 0 radical (unpaired) electrons. The van der Waals surface area contributed by atoms with Gasteiger partial charge in [0.15, 0.2) is 5.78 Å². The third-order valence-electron chi connectivity index (χ3n) is 10.2. The van der Waals surface area contributed by atoms with Crippen molar-refractivity contribution in [1.29, 1.82) is 0 Å². The molecule has 0 saturated heterocycles. The number of hydrogen-bond acceptors (Lipinski definition) is 1. The van der Waals surface area contributed by atoms with Crippen LogP contribution < -0.4 is 0 Å². The first kappa shape index (κ1) is 20.7. The van der Waals surface area contributed by atoms with Crippen molar-refractivity contribution < 1.29 is 4.79 Å². The largest absolute Gasteiger partial charge is 0.295 e. The first-order valence-electron chi connectivity index (χ1n) is 12.5. The lowest BCUT2D eigenvalue weighted by molar-refractivity contribution is -0.117. The van der Waals surface area contributed by atoms with Crippen molar-refractivity contribution in [2.24, 2.45) is 46.3 Å². The van der Waals surface area contributed by atoms with Crippen molar-refractivity contribution in [2.45, 2.75) is 105 Å². The molecule has 0 aromatic heterocycles. The van der Waals surface area contributed by atoms with E-state index in [2.05, 4.69) is 40.7 Å². The van der Waals surface area contributed by atoms with Gasteiger partial charge in [0.05, 0.1) is 0 Å². The second-order valence-electron chi connectivity index (χ2n) is 12.0. The van der Waals surface area contributed by atoms with E-state index in [-0.39, 0.29) is 0 Å². The van der Waals surface area contributed by atoms with Crippen molar-refractivity contribution >= 4 is 5.78 Å². The van der Waals surface area contributed by atoms with Crippen molar-refractivity contribution in [1.82, 2.24) is 0 Å². The molecule has 1 heteroatoms. The van der Waals surface area contributed by atoms with Gasteiger partial charge in [-0.15, -0.1) is 0 Å². The topological polar surface area (TPSA) is 17.1 Å². The van der Waals surface area contributed by atoms with E-state index in [9.17, 15) is 4.79 Å². The normalized spacial score (nSPS) is 43.9. The third-order valence-corrected chi connectivity index (χ3v) is 10.2. The maximum absolute atomic E-state index is 12.0. The van der Waals surface area contributed by atoms with Crippen LogP contribution in [0.1, 0.15) is 105 Å². The quantitative estimate of drug-likeness (QED) is 0.477.